The van der Waals surface area contributed by atoms with Gasteiger partial charge < -0.3 is 14.4 Å². The number of halogens is 2. The van der Waals surface area contributed by atoms with E-state index in [1.54, 1.807) is 37.4 Å². The third-order valence-corrected chi connectivity index (χ3v) is 5.48. The van der Waals surface area contributed by atoms with Crippen molar-refractivity contribution in [3.63, 3.8) is 0 Å². The maximum absolute atomic E-state index is 13.9. The molecule has 2 aliphatic rings. The van der Waals surface area contributed by atoms with Crippen LogP contribution in [0, 0.1) is 17.7 Å². The van der Waals surface area contributed by atoms with Gasteiger partial charge >= 0.3 is 0 Å². The number of carbonyl (C=O) groups excluding carboxylic acids is 1. The number of ether oxygens (including phenoxy) is 2. The van der Waals surface area contributed by atoms with E-state index in [0.29, 0.717) is 36.1 Å². The zero-order chi connectivity index (χ0) is 18.3. The van der Waals surface area contributed by atoms with Crippen molar-refractivity contribution in [1.82, 2.24) is 4.90 Å². The Morgan fingerprint density at radius 3 is 2.81 bits per heavy atom. The molecule has 0 saturated carbocycles. The van der Waals surface area contributed by atoms with E-state index in [0.717, 1.165) is 5.56 Å². The van der Waals surface area contributed by atoms with Gasteiger partial charge in [0, 0.05) is 41.6 Å². The van der Waals surface area contributed by atoms with E-state index in [9.17, 15) is 9.18 Å². The van der Waals surface area contributed by atoms with Crippen LogP contribution in [0.4, 0.5) is 4.39 Å². The van der Waals surface area contributed by atoms with Gasteiger partial charge in [0.15, 0.2) is 0 Å². The van der Waals surface area contributed by atoms with Gasteiger partial charge in [0.05, 0.1) is 19.3 Å². The summed E-state index contributed by atoms with van der Waals surface area (Å²) in [7, 11) is 1.65. The molecule has 2 aromatic rings. The third kappa shape index (κ3) is 2.95. The molecule has 0 radical (unpaired) electrons. The van der Waals surface area contributed by atoms with Crippen LogP contribution in [0.1, 0.15) is 22.0 Å². The summed E-state index contributed by atoms with van der Waals surface area (Å²) in [6.07, 6.45) is 0. The van der Waals surface area contributed by atoms with Gasteiger partial charge in [-0.05, 0) is 42.5 Å². The molecule has 4 rings (SSSR count). The lowest BCUT2D eigenvalue weighted by Crippen LogP contribution is -2.35. The molecule has 6 heteroatoms. The first-order chi connectivity index (χ1) is 12.6. The molecule has 1 fully saturated rings. The van der Waals surface area contributed by atoms with E-state index >= 15 is 0 Å². The fourth-order valence-corrected chi connectivity index (χ4v) is 4.17. The lowest BCUT2D eigenvalue weighted by molar-refractivity contribution is 0.0671. The van der Waals surface area contributed by atoms with Crippen LogP contribution in [0.15, 0.2) is 42.5 Å². The summed E-state index contributed by atoms with van der Waals surface area (Å²) < 4.78 is 25.1. The molecule has 0 unspecified atom stereocenters. The number of carbonyl (C=O) groups is 1. The van der Waals surface area contributed by atoms with Gasteiger partial charge in [0.25, 0.3) is 5.91 Å². The minimum absolute atomic E-state index is 0.0699. The average molecular weight is 376 g/mol. The molecular weight excluding hydrogens is 357 g/mol. The molecule has 1 saturated heterocycles. The van der Waals surface area contributed by atoms with E-state index in [1.165, 1.54) is 12.1 Å². The second-order valence-corrected chi connectivity index (χ2v) is 7.22. The number of hydrogen-bond donors (Lipinski definition) is 0. The van der Waals surface area contributed by atoms with Crippen molar-refractivity contribution in [2.24, 2.45) is 11.8 Å². The molecule has 2 aromatic carbocycles. The largest absolute Gasteiger partial charge is 0.493 e. The molecule has 0 N–H and O–H groups in total. The van der Waals surface area contributed by atoms with Gasteiger partial charge in [0.2, 0.25) is 0 Å². The summed E-state index contributed by atoms with van der Waals surface area (Å²) in [5.41, 5.74) is 1.29. The highest BCUT2D eigenvalue weighted by Gasteiger charge is 2.48. The number of likely N-dealkylation sites (tertiary alicyclic amines) is 1. The maximum Gasteiger partial charge on any atom is 0.254 e. The van der Waals surface area contributed by atoms with Gasteiger partial charge in [-0.15, -0.1) is 0 Å². The van der Waals surface area contributed by atoms with Crippen molar-refractivity contribution in [3.8, 4) is 5.75 Å². The minimum atomic E-state index is -0.331. The Labute approximate surface area is 156 Å². The number of benzene rings is 2. The van der Waals surface area contributed by atoms with E-state index in [1.807, 2.05) is 4.90 Å². The zero-order valence-corrected chi connectivity index (χ0v) is 15.1. The highest BCUT2D eigenvalue weighted by atomic mass is 35.5. The van der Waals surface area contributed by atoms with Crippen LogP contribution >= 0.6 is 11.6 Å². The quantitative estimate of drug-likeness (QED) is 0.815. The topological polar surface area (TPSA) is 38.8 Å². The summed E-state index contributed by atoms with van der Waals surface area (Å²) in [4.78, 5) is 15.0. The molecule has 136 valence electrons. The van der Waals surface area contributed by atoms with Crippen LogP contribution in [0.2, 0.25) is 5.02 Å². The van der Waals surface area contributed by atoms with E-state index in [2.05, 4.69) is 0 Å². The molecule has 3 atom stereocenters. The molecule has 26 heavy (non-hydrogen) atoms. The first kappa shape index (κ1) is 17.3. The number of amides is 1. The molecule has 0 aliphatic carbocycles. The van der Waals surface area contributed by atoms with Crippen molar-refractivity contribution >= 4 is 17.5 Å². The van der Waals surface area contributed by atoms with Crippen molar-refractivity contribution in [2.45, 2.75) is 6.04 Å². The highest BCUT2D eigenvalue weighted by Crippen LogP contribution is 2.48. The zero-order valence-electron chi connectivity index (χ0n) is 14.3. The van der Waals surface area contributed by atoms with Gasteiger partial charge in [-0.2, -0.15) is 0 Å². The minimum Gasteiger partial charge on any atom is -0.493 e. The molecule has 4 nitrogen and oxygen atoms in total. The van der Waals surface area contributed by atoms with Crippen molar-refractivity contribution in [3.05, 3.63) is 64.4 Å². The average Bonchev–Trinajstić information content (AvgIpc) is 3.01. The summed E-state index contributed by atoms with van der Waals surface area (Å²) >= 11 is 5.94. The number of methoxy groups -OCH3 is 1. The Morgan fingerprint density at radius 2 is 2.08 bits per heavy atom. The molecule has 2 heterocycles. The summed E-state index contributed by atoms with van der Waals surface area (Å²) in [5, 5.41) is 0.580. The Balaban J connectivity index is 1.73. The van der Waals surface area contributed by atoms with Crippen LogP contribution < -0.4 is 4.74 Å². The highest BCUT2D eigenvalue weighted by molar-refractivity contribution is 6.30. The normalized spacial score (nSPS) is 24.0. The number of fused-ring (bicyclic) bond motifs is 3. The van der Waals surface area contributed by atoms with E-state index in [4.69, 9.17) is 21.1 Å². The fourth-order valence-electron chi connectivity index (χ4n) is 4.04. The standard InChI is InChI=1S/C20H19ClFNO3/c1-25-10-13-9-23(20(24)12-2-4-14(21)5-3-12)19-16-8-15(22)6-7-18(16)26-11-17(13)19/h2-8,13,17,19H,9-11H2,1H3/t13-,17-,19-/m0/s1. The van der Waals surface area contributed by atoms with Gasteiger partial charge in [-0.1, -0.05) is 11.6 Å². The predicted molar refractivity (Wildman–Crippen MR) is 96.0 cm³/mol. The van der Waals surface area contributed by atoms with Gasteiger partial charge in [0.1, 0.15) is 11.6 Å². The van der Waals surface area contributed by atoms with Gasteiger partial charge in [-0.25, -0.2) is 4.39 Å². The van der Waals surface area contributed by atoms with E-state index < -0.39 is 0 Å². The third-order valence-electron chi connectivity index (χ3n) is 5.23. The lowest BCUT2D eigenvalue weighted by Gasteiger charge is -2.34. The van der Waals surface area contributed by atoms with E-state index in [-0.39, 0.29) is 29.6 Å². The maximum atomic E-state index is 13.9. The molecule has 2 aliphatic heterocycles. The Kier molecular flexibility index (Phi) is 4.59. The first-order valence-corrected chi connectivity index (χ1v) is 8.94. The number of nitrogens with zero attached hydrogens (tertiary/aromatic N) is 1. The fraction of sp³-hybridized carbons (Fsp3) is 0.350. The second-order valence-electron chi connectivity index (χ2n) is 6.78. The Hall–Kier alpha value is -2.11. The van der Waals surface area contributed by atoms with Crippen LogP contribution in [0.25, 0.3) is 0 Å². The lowest BCUT2D eigenvalue weighted by atomic mass is 9.85. The second kappa shape index (κ2) is 6.89. The molecule has 0 aromatic heterocycles. The summed E-state index contributed by atoms with van der Waals surface area (Å²) in [6.45, 7) is 1.56. The summed E-state index contributed by atoms with van der Waals surface area (Å²) in [6, 6.07) is 11.1. The number of rotatable bonds is 3. The van der Waals surface area contributed by atoms with Crippen LogP contribution in [-0.4, -0.2) is 37.7 Å². The van der Waals surface area contributed by atoms with Gasteiger partial charge in [-0.3, -0.25) is 4.79 Å². The smallest absolute Gasteiger partial charge is 0.254 e. The molecule has 1 amide bonds. The first-order valence-electron chi connectivity index (χ1n) is 8.56. The predicted octanol–water partition coefficient (Wildman–Crippen LogP) is 3.95. The Bertz CT molecular complexity index is 826. The van der Waals surface area contributed by atoms with Crippen molar-refractivity contribution < 1.29 is 18.7 Å². The molecule has 0 spiro atoms. The number of hydrogen-bond acceptors (Lipinski definition) is 3. The van der Waals surface area contributed by atoms with Crippen LogP contribution in [-0.2, 0) is 4.74 Å². The van der Waals surface area contributed by atoms with Crippen molar-refractivity contribution in [1.29, 1.82) is 0 Å². The molecular formula is C20H19ClFNO3. The monoisotopic (exact) mass is 375 g/mol. The SMILES string of the molecule is COC[C@@H]1CN(C(=O)c2ccc(Cl)cc2)[C@H]2c3cc(F)ccc3OC[C@@H]12. The van der Waals surface area contributed by atoms with Crippen LogP contribution in [0.5, 0.6) is 5.75 Å². The molecule has 0 bridgehead atoms. The summed E-state index contributed by atoms with van der Waals surface area (Å²) in [5.74, 6) is 0.423. The Morgan fingerprint density at radius 1 is 1.31 bits per heavy atom. The van der Waals surface area contributed by atoms with Crippen molar-refractivity contribution in [2.75, 3.05) is 26.9 Å². The van der Waals surface area contributed by atoms with Crippen LogP contribution in [0.3, 0.4) is 0 Å².